The van der Waals surface area contributed by atoms with Crippen molar-refractivity contribution in [2.75, 3.05) is 5.88 Å². The van der Waals surface area contributed by atoms with E-state index < -0.39 is 0 Å². The first-order valence-corrected chi connectivity index (χ1v) is 2.11. The van der Waals surface area contributed by atoms with Crippen LogP contribution in [0, 0.1) is 10.7 Å². The molecule has 2 nitrogen and oxygen atoms in total. The van der Waals surface area contributed by atoms with E-state index in [2.05, 4.69) is 0 Å². The maximum atomic E-state index is 7.70. The van der Waals surface area contributed by atoms with Crippen LogP contribution in [0.4, 0.5) is 0 Å². The number of nitriles is 1. The van der Waals surface area contributed by atoms with Crippen LogP contribution in [0.5, 0.6) is 0 Å². The molecular weight excluding hydrogens is 84.1 g/mol. The van der Waals surface area contributed by atoms with E-state index in [0.717, 1.165) is 11.8 Å². The molecule has 28 valence electrons. The van der Waals surface area contributed by atoms with Crippen molar-refractivity contribution in [2.45, 2.75) is 0 Å². The lowest BCUT2D eigenvalue weighted by Gasteiger charge is -1.67. The lowest BCUT2D eigenvalue weighted by Crippen LogP contribution is -1.88. The normalized spacial score (nSPS) is 6.40. The van der Waals surface area contributed by atoms with E-state index in [1.165, 1.54) is 0 Å². The van der Waals surface area contributed by atoms with Gasteiger partial charge in [-0.05, 0) is 11.8 Å². The molecule has 0 aliphatic heterocycles. The van der Waals surface area contributed by atoms with Gasteiger partial charge in [0.05, 0.1) is 5.88 Å². The molecule has 0 aliphatic carbocycles. The Hall–Kier alpha value is -0.200. The minimum Gasteiger partial charge on any atom is -0.321 e. The van der Waals surface area contributed by atoms with Gasteiger partial charge in [0, 0.05) is 0 Å². The molecule has 0 aromatic carbocycles. The lowest BCUT2D eigenvalue weighted by molar-refractivity contribution is 1.40. The Morgan fingerprint density at radius 2 is 2.60 bits per heavy atom. The van der Waals surface area contributed by atoms with Crippen molar-refractivity contribution in [2.24, 2.45) is 5.73 Å². The number of thiocyanates is 1. The van der Waals surface area contributed by atoms with Gasteiger partial charge >= 0.3 is 0 Å². The second-order valence-corrected chi connectivity index (χ2v) is 1.21. The van der Waals surface area contributed by atoms with Gasteiger partial charge in [0.2, 0.25) is 0 Å². The van der Waals surface area contributed by atoms with Gasteiger partial charge in [0.15, 0.2) is 0 Å². The minimum absolute atomic E-state index is 0.399. The standard InChI is InChI=1S/C2H4N2S/c3-1-5-2-4/h1,3H2. The molecule has 0 saturated heterocycles. The molecular formula is C2H4N2S. The second kappa shape index (κ2) is 3.80. The van der Waals surface area contributed by atoms with E-state index in [0.29, 0.717) is 5.88 Å². The van der Waals surface area contributed by atoms with Crippen LogP contribution < -0.4 is 5.73 Å². The maximum Gasteiger partial charge on any atom is 0.134 e. The fourth-order valence-corrected chi connectivity index (χ4v) is 0.112. The number of hydrogen-bond acceptors (Lipinski definition) is 3. The number of hydrogen-bond donors (Lipinski definition) is 1. The molecule has 0 spiro atoms. The molecule has 0 aromatic rings. The Kier molecular flexibility index (Phi) is 3.65. The van der Waals surface area contributed by atoms with Crippen molar-refractivity contribution in [3.05, 3.63) is 0 Å². The quantitative estimate of drug-likeness (QED) is 0.366. The van der Waals surface area contributed by atoms with Gasteiger partial charge in [-0.2, -0.15) is 5.26 Å². The Balaban J connectivity index is 2.48. The first kappa shape index (κ1) is 4.80. The third-order valence-corrected chi connectivity index (χ3v) is 0.444. The van der Waals surface area contributed by atoms with Crippen molar-refractivity contribution in [3.8, 4) is 5.40 Å². The average Bonchev–Trinajstić information content (AvgIpc) is 1.41. The van der Waals surface area contributed by atoms with Crippen molar-refractivity contribution in [3.63, 3.8) is 0 Å². The summed E-state index contributed by atoms with van der Waals surface area (Å²) >= 11 is 1.05. The van der Waals surface area contributed by atoms with Gasteiger partial charge in [0.25, 0.3) is 0 Å². The van der Waals surface area contributed by atoms with E-state index in [9.17, 15) is 0 Å². The van der Waals surface area contributed by atoms with Gasteiger partial charge in [-0.15, -0.1) is 0 Å². The fraction of sp³-hybridized carbons (Fsp3) is 0.500. The molecule has 0 saturated carbocycles. The topological polar surface area (TPSA) is 49.8 Å². The molecule has 0 rings (SSSR count). The van der Waals surface area contributed by atoms with E-state index in [4.69, 9.17) is 11.0 Å². The summed E-state index contributed by atoms with van der Waals surface area (Å²) in [6.07, 6.45) is 0. The van der Waals surface area contributed by atoms with Crippen molar-refractivity contribution in [1.82, 2.24) is 0 Å². The molecule has 0 atom stereocenters. The summed E-state index contributed by atoms with van der Waals surface area (Å²) in [4.78, 5) is 0. The van der Waals surface area contributed by atoms with Gasteiger partial charge in [-0.3, -0.25) is 0 Å². The minimum atomic E-state index is 0.399. The Morgan fingerprint density at radius 3 is 2.60 bits per heavy atom. The SMILES string of the molecule is N#CSCN. The van der Waals surface area contributed by atoms with Crippen molar-refractivity contribution < 1.29 is 0 Å². The summed E-state index contributed by atoms with van der Waals surface area (Å²) in [5.74, 6) is 0.399. The van der Waals surface area contributed by atoms with E-state index >= 15 is 0 Å². The van der Waals surface area contributed by atoms with Crippen LogP contribution in [-0.2, 0) is 0 Å². The number of nitrogens with two attached hydrogens (primary N) is 1. The highest BCUT2D eigenvalue weighted by molar-refractivity contribution is 8.03. The Bertz CT molecular complexity index is 46.1. The van der Waals surface area contributed by atoms with Crippen LogP contribution in [0.15, 0.2) is 0 Å². The zero-order chi connectivity index (χ0) is 4.12. The largest absolute Gasteiger partial charge is 0.321 e. The zero-order valence-corrected chi connectivity index (χ0v) is 3.46. The zero-order valence-electron chi connectivity index (χ0n) is 2.64. The molecule has 0 fully saturated rings. The summed E-state index contributed by atoms with van der Waals surface area (Å²) in [5, 5.41) is 9.51. The van der Waals surface area contributed by atoms with Crippen LogP contribution in [0.2, 0.25) is 0 Å². The summed E-state index contributed by atoms with van der Waals surface area (Å²) < 4.78 is 0. The third-order valence-electron chi connectivity index (χ3n) is 0.148. The van der Waals surface area contributed by atoms with Crippen LogP contribution >= 0.6 is 11.8 Å². The molecule has 0 bridgehead atoms. The van der Waals surface area contributed by atoms with E-state index in [-0.39, 0.29) is 0 Å². The first-order chi connectivity index (χ1) is 2.41. The third kappa shape index (κ3) is 3.80. The monoisotopic (exact) mass is 88.0 g/mol. The van der Waals surface area contributed by atoms with Crippen LogP contribution in [-0.4, -0.2) is 5.88 Å². The average molecular weight is 88.1 g/mol. The smallest absolute Gasteiger partial charge is 0.134 e. The molecule has 0 unspecified atom stereocenters. The molecule has 5 heavy (non-hydrogen) atoms. The number of rotatable bonds is 1. The van der Waals surface area contributed by atoms with Gasteiger partial charge in [-0.25, -0.2) is 0 Å². The summed E-state index contributed by atoms with van der Waals surface area (Å²) in [5.41, 5.74) is 4.88. The first-order valence-electron chi connectivity index (χ1n) is 1.12. The van der Waals surface area contributed by atoms with Gasteiger partial charge in [-0.1, -0.05) is 0 Å². The number of nitrogens with zero attached hydrogens (tertiary/aromatic N) is 1. The highest BCUT2D eigenvalue weighted by atomic mass is 32.2. The predicted molar refractivity (Wildman–Crippen MR) is 22.3 cm³/mol. The summed E-state index contributed by atoms with van der Waals surface area (Å²) in [7, 11) is 0. The van der Waals surface area contributed by atoms with E-state index in [1.54, 1.807) is 0 Å². The summed E-state index contributed by atoms with van der Waals surface area (Å²) in [6.45, 7) is 0. The maximum absolute atomic E-state index is 7.70. The molecule has 0 amide bonds. The van der Waals surface area contributed by atoms with E-state index in [1.807, 2.05) is 5.40 Å². The number of thioether (sulfide) groups is 1. The van der Waals surface area contributed by atoms with Gasteiger partial charge < -0.3 is 5.73 Å². The Morgan fingerprint density at radius 1 is 2.00 bits per heavy atom. The van der Waals surface area contributed by atoms with Gasteiger partial charge in [0.1, 0.15) is 5.40 Å². The van der Waals surface area contributed by atoms with Crippen LogP contribution in [0.25, 0.3) is 0 Å². The molecule has 0 aliphatic rings. The fourth-order valence-electron chi connectivity index (χ4n) is 0.0373. The molecule has 0 heterocycles. The molecule has 3 heteroatoms. The second-order valence-electron chi connectivity index (χ2n) is 0.402. The molecule has 2 N–H and O–H groups in total. The molecule has 0 aromatic heterocycles. The lowest BCUT2D eigenvalue weighted by atomic mass is 11.5. The predicted octanol–water partition coefficient (Wildman–Crippen LogP) is 0.117. The highest BCUT2D eigenvalue weighted by Gasteiger charge is 1.65. The van der Waals surface area contributed by atoms with Crippen LogP contribution in [0.3, 0.4) is 0 Å². The van der Waals surface area contributed by atoms with Crippen LogP contribution in [0.1, 0.15) is 0 Å². The van der Waals surface area contributed by atoms with Crippen molar-refractivity contribution in [1.29, 1.82) is 5.26 Å². The molecule has 0 radical (unpaired) electrons. The van der Waals surface area contributed by atoms with Crippen molar-refractivity contribution >= 4 is 11.8 Å². The Labute approximate surface area is 35.0 Å². The summed E-state index contributed by atoms with van der Waals surface area (Å²) in [6, 6.07) is 0. The highest BCUT2D eigenvalue weighted by Crippen LogP contribution is 1.84.